The Morgan fingerprint density at radius 1 is 1.19 bits per heavy atom. The van der Waals surface area contributed by atoms with E-state index < -0.39 is 66.9 Å². The molecule has 2 aromatic carbocycles. The van der Waals surface area contributed by atoms with Gasteiger partial charge in [0.25, 0.3) is 5.92 Å². The minimum Gasteiger partial charge on any atom is -0.480 e. The first-order valence-corrected chi connectivity index (χ1v) is 11.2. The molecule has 2 N–H and O–H groups in total. The Balaban J connectivity index is 1.88. The lowest BCUT2D eigenvalue weighted by atomic mass is 9.94. The lowest BCUT2D eigenvalue weighted by Crippen LogP contribution is -2.43. The highest BCUT2D eigenvalue weighted by Crippen LogP contribution is 2.38. The van der Waals surface area contributed by atoms with E-state index in [9.17, 15) is 36.6 Å². The van der Waals surface area contributed by atoms with Crippen molar-refractivity contribution in [2.45, 2.75) is 24.4 Å². The zero-order valence-electron chi connectivity index (χ0n) is 19.1. The molecule has 0 bridgehead atoms. The molecule has 0 aromatic heterocycles. The summed E-state index contributed by atoms with van der Waals surface area (Å²) in [5, 5.41) is 12.0. The second-order valence-corrected chi connectivity index (χ2v) is 8.91. The molecule has 4 rings (SSSR count). The van der Waals surface area contributed by atoms with Gasteiger partial charge in [-0.3, -0.25) is 14.7 Å². The van der Waals surface area contributed by atoms with Crippen LogP contribution in [0.2, 0.25) is 5.02 Å². The monoisotopic (exact) mass is 543 g/mol. The van der Waals surface area contributed by atoms with E-state index in [4.69, 9.17) is 16.3 Å². The molecule has 2 aliphatic heterocycles. The van der Waals surface area contributed by atoms with Crippen LogP contribution >= 0.6 is 11.6 Å². The summed E-state index contributed by atoms with van der Waals surface area (Å²) in [5.74, 6) is -8.58. The van der Waals surface area contributed by atoms with Crippen molar-refractivity contribution in [2.75, 3.05) is 20.2 Å². The number of aliphatic carboxylic acids is 1. The summed E-state index contributed by atoms with van der Waals surface area (Å²) in [6.07, 6.45) is -0.954. The van der Waals surface area contributed by atoms with Gasteiger partial charge in [0.1, 0.15) is 35.4 Å². The predicted molar refractivity (Wildman–Crippen MR) is 122 cm³/mol. The maximum Gasteiger partial charge on any atom is 0.338 e. The fraction of sp³-hybridized carbons (Fsp3) is 0.292. The molecule has 0 saturated carbocycles. The molecule has 1 saturated heterocycles. The van der Waals surface area contributed by atoms with E-state index in [1.165, 1.54) is 6.07 Å². The van der Waals surface area contributed by atoms with Crippen molar-refractivity contribution in [2.24, 2.45) is 4.99 Å². The van der Waals surface area contributed by atoms with Gasteiger partial charge in [0.2, 0.25) is 0 Å². The molecule has 2 aromatic rings. The van der Waals surface area contributed by atoms with Crippen molar-refractivity contribution in [1.82, 2.24) is 10.2 Å². The second kappa shape index (κ2) is 10.1. The third-order valence-corrected chi connectivity index (χ3v) is 6.32. The van der Waals surface area contributed by atoms with E-state index in [1.807, 2.05) is 0 Å². The SMILES string of the molecule is COC(=O)C1=C(CN2CC(F)(F)CC2C(=O)O)NC(c2ccc(F)cc2F)=NC1c1ccc(F)cc1Cl. The first-order valence-electron chi connectivity index (χ1n) is 10.8. The lowest BCUT2D eigenvalue weighted by Gasteiger charge is -2.31. The number of amidine groups is 1. The van der Waals surface area contributed by atoms with E-state index in [2.05, 4.69) is 10.3 Å². The van der Waals surface area contributed by atoms with Gasteiger partial charge >= 0.3 is 11.9 Å². The van der Waals surface area contributed by atoms with Crippen molar-refractivity contribution in [1.29, 1.82) is 0 Å². The van der Waals surface area contributed by atoms with Crippen molar-refractivity contribution in [3.05, 3.63) is 81.3 Å². The van der Waals surface area contributed by atoms with Crippen LogP contribution in [0.1, 0.15) is 23.6 Å². The van der Waals surface area contributed by atoms with E-state index in [0.717, 1.165) is 36.3 Å². The van der Waals surface area contributed by atoms with Gasteiger partial charge in [0, 0.05) is 35.3 Å². The molecule has 196 valence electrons. The van der Waals surface area contributed by atoms with E-state index >= 15 is 0 Å². The number of halogens is 6. The van der Waals surface area contributed by atoms with Crippen LogP contribution in [0.15, 0.2) is 52.7 Å². The zero-order valence-corrected chi connectivity index (χ0v) is 19.8. The summed E-state index contributed by atoms with van der Waals surface area (Å²) < 4.78 is 75.2. The summed E-state index contributed by atoms with van der Waals surface area (Å²) in [5.41, 5.74) is -0.479. The van der Waals surface area contributed by atoms with E-state index in [-0.39, 0.29) is 33.3 Å². The largest absolute Gasteiger partial charge is 0.480 e. The second-order valence-electron chi connectivity index (χ2n) is 8.50. The topological polar surface area (TPSA) is 91.2 Å². The van der Waals surface area contributed by atoms with E-state index in [0.29, 0.717) is 6.07 Å². The molecular weight excluding hydrogens is 525 g/mol. The number of carbonyl (C=O) groups excluding carboxylic acids is 1. The van der Waals surface area contributed by atoms with Crippen LogP contribution in [0.4, 0.5) is 22.0 Å². The van der Waals surface area contributed by atoms with Crippen LogP contribution in [-0.2, 0) is 14.3 Å². The molecule has 2 aliphatic rings. The van der Waals surface area contributed by atoms with Crippen molar-refractivity contribution in [3.63, 3.8) is 0 Å². The van der Waals surface area contributed by atoms with Gasteiger partial charge in [-0.05, 0) is 24.3 Å². The number of carboxylic acid groups (broad SMARTS) is 1. The highest BCUT2D eigenvalue weighted by molar-refractivity contribution is 6.31. The van der Waals surface area contributed by atoms with Gasteiger partial charge in [-0.2, -0.15) is 0 Å². The normalized spacial score (nSPS) is 21.4. The maximum atomic E-state index is 14.7. The fourth-order valence-electron chi connectivity index (χ4n) is 4.33. The van der Waals surface area contributed by atoms with Gasteiger partial charge in [-0.15, -0.1) is 0 Å². The van der Waals surface area contributed by atoms with Crippen LogP contribution in [0.3, 0.4) is 0 Å². The Bertz CT molecular complexity index is 1330. The number of methoxy groups -OCH3 is 1. The van der Waals surface area contributed by atoms with Gasteiger partial charge in [-0.25, -0.2) is 26.7 Å². The molecule has 0 radical (unpaired) electrons. The molecule has 37 heavy (non-hydrogen) atoms. The Morgan fingerprint density at radius 2 is 1.86 bits per heavy atom. The Labute approximate surface area is 212 Å². The van der Waals surface area contributed by atoms with Crippen LogP contribution in [-0.4, -0.2) is 59.9 Å². The number of esters is 1. The zero-order chi connectivity index (χ0) is 27.1. The molecule has 0 aliphatic carbocycles. The number of aliphatic imine (C=N–C) groups is 1. The number of hydrogen-bond donors (Lipinski definition) is 2. The van der Waals surface area contributed by atoms with Crippen molar-refractivity contribution >= 4 is 29.4 Å². The Morgan fingerprint density at radius 3 is 2.49 bits per heavy atom. The number of nitrogens with one attached hydrogen (secondary N) is 1. The first kappa shape index (κ1) is 26.6. The third kappa shape index (κ3) is 5.44. The van der Waals surface area contributed by atoms with Crippen molar-refractivity contribution in [3.8, 4) is 0 Å². The molecule has 0 amide bonds. The first-order chi connectivity index (χ1) is 17.4. The fourth-order valence-corrected chi connectivity index (χ4v) is 4.60. The number of nitrogens with zero attached hydrogens (tertiary/aromatic N) is 2. The van der Waals surface area contributed by atoms with Crippen LogP contribution in [0.25, 0.3) is 0 Å². The number of alkyl halides is 2. The average Bonchev–Trinajstić information content (AvgIpc) is 3.12. The Kier molecular flexibility index (Phi) is 7.24. The predicted octanol–water partition coefficient (Wildman–Crippen LogP) is 4.07. The number of rotatable bonds is 6. The number of carbonyl (C=O) groups is 2. The van der Waals surface area contributed by atoms with Crippen LogP contribution in [0.5, 0.6) is 0 Å². The summed E-state index contributed by atoms with van der Waals surface area (Å²) >= 11 is 6.23. The van der Waals surface area contributed by atoms with Gasteiger partial charge in [0.05, 0.1) is 24.8 Å². The minimum atomic E-state index is -3.32. The highest BCUT2D eigenvalue weighted by atomic mass is 35.5. The maximum absolute atomic E-state index is 14.7. The van der Waals surface area contributed by atoms with Gasteiger partial charge in [-0.1, -0.05) is 17.7 Å². The molecule has 2 heterocycles. The van der Waals surface area contributed by atoms with Crippen molar-refractivity contribution < 1.29 is 41.4 Å². The number of likely N-dealkylation sites (tertiary alicyclic amines) is 1. The summed E-state index contributed by atoms with van der Waals surface area (Å²) in [7, 11) is 1.05. The number of hydrogen-bond acceptors (Lipinski definition) is 6. The Hall–Kier alpha value is -3.51. The standard InChI is InChI=1S/C24H19ClF5N3O4/c1-37-23(36)19-17(9-33-10-24(29,30)8-18(33)22(34)35)31-21(14-5-3-12(27)7-16(14)28)32-20(19)13-4-2-11(26)6-15(13)25/h2-7,18,20H,8-10H2,1H3,(H,31,32)(H,34,35). The van der Waals surface area contributed by atoms with Crippen LogP contribution in [0, 0.1) is 17.5 Å². The summed E-state index contributed by atoms with van der Waals surface area (Å²) in [6.45, 7) is -1.45. The number of ether oxygens (including phenoxy) is 1. The third-order valence-electron chi connectivity index (χ3n) is 5.99. The van der Waals surface area contributed by atoms with Crippen LogP contribution < -0.4 is 5.32 Å². The molecule has 13 heteroatoms. The van der Waals surface area contributed by atoms with E-state index in [1.54, 1.807) is 0 Å². The van der Waals surface area contributed by atoms with Gasteiger partial charge in [0.15, 0.2) is 0 Å². The summed E-state index contributed by atoms with van der Waals surface area (Å²) in [4.78, 5) is 29.9. The molecular formula is C24H19ClF5N3O4. The smallest absolute Gasteiger partial charge is 0.338 e. The molecule has 2 atom stereocenters. The molecule has 7 nitrogen and oxygen atoms in total. The average molecular weight is 544 g/mol. The summed E-state index contributed by atoms with van der Waals surface area (Å²) in [6, 6.07) is 2.97. The minimum absolute atomic E-state index is 0.101. The lowest BCUT2D eigenvalue weighted by molar-refractivity contribution is -0.142. The molecule has 1 fully saturated rings. The highest BCUT2D eigenvalue weighted by Gasteiger charge is 2.49. The number of carboxylic acids is 1. The quantitative estimate of drug-likeness (QED) is 0.422. The van der Waals surface area contributed by atoms with Gasteiger partial charge < -0.3 is 15.2 Å². The molecule has 0 spiro atoms. The number of benzene rings is 2. The molecule has 2 unspecified atom stereocenters.